The molecule has 3 aromatic rings. The molecule has 0 saturated carbocycles. The van der Waals surface area contributed by atoms with Gasteiger partial charge in [0.15, 0.2) is 5.58 Å². The Morgan fingerprint density at radius 1 is 1.21 bits per heavy atom. The number of hydrogen-bond donors (Lipinski definition) is 0. The molecule has 3 rings (SSSR count). The topological polar surface area (TPSA) is 61.5 Å². The van der Waals surface area contributed by atoms with Crippen molar-refractivity contribution in [2.75, 3.05) is 0 Å². The van der Waals surface area contributed by atoms with Crippen molar-refractivity contribution >= 4 is 44.5 Å². The maximum Gasteiger partial charge on any atom is 0.168 e. The van der Waals surface area contributed by atoms with Crippen LogP contribution >= 0.6 is 15.9 Å². The molecule has 0 aliphatic heterocycles. The number of halogens is 1. The molecule has 1 atom stereocenters. The lowest BCUT2D eigenvalue weighted by Gasteiger charge is -2.17. The molecular formula is C18H17BrN2O2S. The van der Waals surface area contributed by atoms with Crippen LogP contribution in [0.25, 0.3) is 22.2 Å². The fourth-order valence-corrected chi connectivity index (χ4v) is 3.06. The summed E-state index contributed by atoms with van der Waals surface area (Å²) in [6.07, 6.45) is 1.65. The highest BCUT2D eigenvalue weighted by Gasteiger charge is 2.26. The first-order valence-electron chi connectivity index (χ1n) is 7.46. The molecule has 24 heavy (non-hydrogen) atoms. The molecule has 1 unspecified atom stereocenters. The van der Waals surface area contributed by atoms with Crippen LogP contribution in [0.2, 0.25) is 0 Å². The molecule has 0 N–H and O–H groups in total. The van der Waals surface area contributed by atoms with E-state index in [4.69, 9.17) is 4.52 Å². The lowest BCUT2D eigenvalue weighted by Crippen LogP contribution is -2.25. The van der Waals surface area contributed by atoms with Crippen LogP contribution in [0, 0.1) is 0 Å². The molecule has 1 heterocycles. The summed E-state index contributed by atoms with van der Waals surface area (Å²) >= 11 is 2.13. The molecule has 0 amide bonds. The van der Waals surface area contributed by atoms with Crippen molar-refractivity contribution in [3.8, 4) is 11.3 Å². The van der Waals surface area contributed by atoms with Crippen LogP contribution in [0.5, 0.6) is 0 Å². The lowest BCUT2D eigenvalue weighted by atomic mass is 10.0. The van der Waals surface area contributed by atoms with Gasteiger partial charge in [-0.1, -0.05) is 49.7 Å². The Hall–Kier alpha value is -1.63. The van der Waals surface area contributed by atoms with Gasteiger partial charge >= 0.3 is 0 Å². The van der Waals surface area contributed by atoms with Crippen LogP contribution in [-0.4, -0.2) is 20.7 Å². The van der Waals surface area contributed by atoms with Gasteiger partial charge < -0.3 is 9.08 Å². The summed E-state index contributed by atoms with van der Waals surface area (Å²) in [6, 6.07) is 13.5. The molecule has 0 bridgehead atoms. The second kappa shape index (κ2) is 6.70. The average molecular weight is 405 g/mol. The summed E-state index contributed by atoms with van der Waals surface area (Å²) < 4.78 is 22.4. The summed E-state index contributed by atoms with van der Waals surface area (Å²) in [4.78, 5) is 0. The largest absolute Gasteiger partial charge is 0.591 e. The SMILES string of the molecule is CC(C)(C)[S+]([O-])N=Cc1ccccc1-c1noc2cc(Br)ccc12. The van der Waals surface area contributed by atoms with Crippen molar-refractivity contribution in [3.63, 3.8) is 0 Å². The Morgan fingerprint density at radius 3 is 2.71 bits per heavy atom. The van der Waals surface area contributed by atoms with Crippen molar-refractivity contribution < 1.29 is 9.08 Å². The molecule has 0 aliphatic carbocycles. The van der Waals surface area contributed by atoms with Gasteiger partial charge in [0.2, 0.25) is 0 Å². The number of hydrogen-bond acceptors (Lipinski definition) is 4. The monoisotopic (exact) mass is 404 g/mol. The zero-order valence-electron chi connectivity index (χ0n) is 13.6. The van der Waals surface area contributed by atoms with E-state index in [1.165, 1.54) is 0 Å². The predicted octanol–water partition coefficient (Wildman–Crippen LogP) is 5.14. The zero-order chi connectivity index (χ0) is 17.3. The van der Waals surface area contributed by atoms with Crippen molar-refractivity contribution in [1.82, 2.24) is 5.16 Å². The third kappa shape index (κ3) is 3.55. The third-order valence-corrected chi connectivity index (χ3v) is 5.30. The summed E-state index contributed by atoms with van der Waals surface area (Å²) in [6.45, 7) is 5.69. The van der Waals surface area contributed by atoms with Gasteiger partial charge in [0.1, 0.15) is 21.8 Å². The Kier molecular flexibility index (Phi) is 4.80. The van der Waals surface area contributed by atoms with E-state index in [-0.39, 0.29) is 0 Å². The van der Waals surface area contributed by atoms with E-state index in [1.54, 1.807) is 6.21 Å². The normalized spacial score (nSPS) is 13.7. The molecule has 0 radical (unpaired) electrons. The van der Waals surface area contributed by atoms with Gasteiger partial charge in [0, 0.05) is 21.0 Å². The molecule has 1 aromatic heterocycles. The smallest absolute Gasteiger partial charge is 0.168 e. The van der Waals surface area contributed by atoms with E-state index in [2.05, 4.69) is 25.5 Å². The second-order valence-corrected chi connectivity index (χ2v) is 9.20. The number of aromatic nitrogens is 1. The van der Waals surface area contributed by atoms with Crippen LogP contribution in [0.1, 0.15) is 26.3 Å². The van der Waals surface area contributed by atoms with Gasteiger partial charge in [0.25, 0.3) is 0 Å². The fourth-order valence-electron chi connectivity index (χ4n) is 2.19. The van der Waals surface area contributed by atoms with Gasteiger partial charge in [0.05, 0.1) is 6.21 Å². The third-order valence-electron chi connectivity index (χ3n) is 3.46. The fraction of sp³-hybridized carbons (Fsp3) is 0.222. The first-order valence-corrected chi connectivity index (χ1v) is 9.36. The average Bonchev–Trinajstić information content (AvgIpc) is 2.94. The Bertz CT molecular complexity index is 899. The highest BCUT2D eigenvalue weighted by molar-refractivity contribution is 9.10. The van der Waals surface area contributed by atoms with Crippen LogP contribution < -0.4 is 0 Å². The van der Waals surface area contributed by atoms with Crippen molar-refractivity contribution in [1.29, 1.82) is 0 Å². The van der Waals surface area contributed by atoms with Crippen LogP contribution in [0.3, 0.4) is 0 Å². The van der Waals surface area contributed by atoms with Crippen LogP contribution in [0.15, 0.2) is 55.9 Å². The molecule has 0 saturated heterocycles. The van der Waals surface area contributed by atoms with Crippen LogP contribution in [-0.2, 0) is 11.4 Å². The molecule has 0 fully saturated rings. The Labute approximate surface area is 152 Å². The molecule has 6 heteroatoms. The standard InChI is InChI=1S/C18H17BrN2O2S/c1-18(2,3)24(22)20-11-12-6-4-5-7-14(12)17-15-9-8-13(19)10-16(15)23-21-17/h4-11H,1-3H3. The predicted molar refractivity (Wildman–Crippen MR) is 103 cm³/mol. The van der Waals surface area contributed by atoms with Crippen LogP contribution in [0.4, 0.5) is 0 Å². The minimum Gasteiger partial charge on any atom is -0.591 e. The van der Waals surface area contributed by atoms with Gasteiger partial charge in [-0.2, -0.15) is 0 Å². The Balaban J connectivity index is 2.04. The highest BCUT2D eigenvalue weighted by Crippen LogP contribution is 2.31. The number of rotatable bonds is 3. The maximum atomic E-state index is 12.2. The summed E-state index contributed by atoms with van der Waals surface area (Å²) in [5.41, 5.74) is 3.21. The maximum absolute atomic E-state index is 12.2. The van der Waals surface area contributed by atoms with Gasteiger partial charge in [-0.25, -0.2) is 0 Å². The first kappa shape index (κ1) is 17.2. The van der Waals surface area contributed by atoms with Crippen molar-refractivity contribution in [2.24, 2.45) is 4.40 Å². The zero-order valence-corrected chi connectivity index (χ0v) is 16.0. The second-order valence-electron chi connectivity index (χ2n) is 6.35. The van der Waals surface area contributed by atoms with E-state index >= 15 is 0 Å². The van der Waals surface area contributed by atoms with Gasteiger partial charge in [-0.05, 0) is 39.0 Å². The molecule has 4 nitrogen and oxygen atoms in total. The molecule has 0 aliphatic rings. The van der Waals surface area contributed by atoms with Crippen molar-refractivity contribution in [3.05, 3.63) is 52.5 Å². The molecule has 2 aromatic carbocycles. The van der Waals surface area contributed by atoms with Crippen molar-refractivity contribution in [2.45, 2.75) is 25.5 Å². The number of fused-ring (bicyclic) bond motifs is 1. The summed E-state index contributed by atoms with van der Waals surface area (Å²) in [5.74, 6) is 0. The van der Waals surface area contributed by atoms with Gasteiger partial charge in [-0.15, -0.1) is 0 Å². The van der Waals surface area contributed by atoms with E-state index < -0.39 is 16.1 Å². The quantitative estimate of drug-likeness (QED) is 0.448. The minimum atomic E-state index is -1.30. The number of benzene rings is 2. The van der Waals surface area contributed by atoms with Gasteiger partial charge in [-0.3, -0.25) is 0 Å². The number of nitrogens with zero attached hydrogens (tertiary/aromatic N) is 2. The van der Waals surface area contributed by atoms with E-state index in [1.807, 2.05) is 63.2 Å². The first-order chi connectivity index (χ1) is 11.4. The minimum absolute atomic E-state index is 0.391. The van der Waals surface area contributed by atoms with E-state index in [0.29, 0.717) is 5.58 Å². The summed E-state index contributed by atoms with van der Waals surface area (Å²) in [5, 5.41) is 5.14. The van der Waals surface area contributed by atoms with E-state index in [9.17, 15) is 4.55 Å². The highest BCUT2D eigenvalue weighted by atomic mass is 79.9. The summed E-state index contributed by atoms with van der Waals surface area (Å²) in [7, 11) is 0. The lowest BCUT2D eigenvalue weighted by molar-refractivity contribution is 0.459. The molecule has 0 spiro atoms. The van der Waals surface area contributed by atoms with E-state index in [0.717, 1.165) is 26.7 Å². The Morgan fingerprint density at radius 2 is 1.96 bits per heavy atom. The molecule has 124 valence electrons. The molecular weight excluding hydrogens is 388 g/mol.